The number of unbranched alkanes of at least 4 members (excludes halogenated alkanes) is 1. The van der Waals surface area contributed by atoms with Crippen molar-refractivity contribution in [2.45, 2.75) is 56.5 Å². The van der Waals surface area contributed by atoms with E-state index in [0.717, 1.165) is 10.0 Å². The highest BCUT2D eigenvalue weighted by molar-refractivity contribution is 9.10. The van der Waals surface area contributed by atoms with Gasteiger partial charge < -0.3 is 26.2 Å². The molecule has 0 saturated heterocycles. The molecule has 256 valence electrons. The molecule has 2 amide bonds. The number of pyridine rings is 1. The van der Waals surface area contributed by atoms with Crippen molar-refractivity contribution in [3.8, 4) is 0 Å². The third-order valence-corrected chi connectivity index (χ3v) is 10.3. The number of nitrogens with two attached hydrogens (primary N) is 1. The zero-order valence-corrected chi connectivity index (χ0v) is 29.5. The molecule has 1 unspecified atom stereocenters. The van der Waals surface area contributed by atoms with Gasteiger partial charge in [-0.25, -0.2) is 13.0 Å². The summed E-state index contributed by atoms with van der Waals surface area (Å²) in [6.07, 6.45) is 4.18. The number of nitrogen functional groups attached to an aromatic ring is 1. The van der Waals surface area contributed by atoms with Crippen molar-refractivity contribution in [3.05, 3.63) is 88.7 Å². The van der Waals surface area contributed by atoms with Gasteiger partial charge in [-0.3, -0.25) is 19.1 Å². The molecule has 0 fully saturated rings. The van der Waals surface area contributed by atoms with Crippen LogP contribution in [-0.2, 0) is 30.3 Å². The second-order valence-electron chi connectivity index (χ2n) is 11.3. The minimum absolute atomic E-state index is 0.00861. The molecule has 1 aromatic heterocycles. The summed E-state index contributed by atoms with van der Waals surface area (Å²) in [6, 6.07) is 14.4. The fourth-order valence-electron chi connectivity index (χ4n) is 4.75. The van der Waals surface area contributed by atoms with Gasteiger partial charge in [0.25, 0.3) is 5.91 Å². The van der Waals surface area contributed by atoms with Gasteiger partial charge >= 0.3 is 7.82 Å². The van der Waals surface area contributed by atoms with Crippen LogP contribution in [0.1, 0.15) is 49.0 Å². The summed E-state index contributed by atoms with van der Waals surface area (Å²) in [6.45, 7) is 3.41. The Morgan fingerprint density at radius 2 is 1.70 bits per heavy atom. The van der Waals surface area contributed by atoms with Gasteiger partial charge in [0.15, 0.2) is 0 Å². The number of phosphoric ester groups is 1. The maximum atomic E-state index is 13.7. The van der Waals surface area contributed by atoms with Crippen LogP contribution < -0.4 is 16.4 Å². The van der Waals surface area contributed by atoms with Crippen LogP contribution in [0.4, 0.5) is 5.69 Å². The predicted octanol–water partition coefficient (Wildman–Crippen LogP) is 3.88. The van der Waals surface area contributed by atoms with Gasteiger partial charge in [-0.2, -0.15) is 4.31 Å². The molecule has 16 heteroatoms. The van der Waals surface area contributed by atoms with Crippen LogP contribution in [0, 0.1) is 5.92 Å². The molecule has 0 saturated carbocycles. The normalized spacial score (nSPS) is 13.3. The van der Waals surface area contributed by atoms with E-state index in [1.807, 2.05) is 38.1 Å². The third kappa shape index (κ3) is 12.4. The number of rotatable bonds is 18. The first kappa shape index (κ1) is 38.3. The number of sulfonamides is 1. The third-order valence-electron chi connectivity index (χ3n) is 7.08. The van der Waals surface area contributed by atoms with Crippen molar-refractivity contribution >= 4 is 51.3 Å². The fraction of sp³-hybridized carbons (Fsp3) is 0.387. The Bertz CT molecular complexity index is 1620. The number of carbonyl (C=O) groups is 2. The zero-order chi connectivity index (χ0) is 34.6. The zero-order valence-electron chi connectivity index (χ0n) is 26.2. The van der Waals surface area contributed by atoms with Gasteiger partial charge in [0, 0.05) is 53.7 Å². The van der Waals surface area contributed by atoms with E-state index in [-0.39, 0.29) is 36.7 Å². The number of hydrogen-bond donors (Lipinski definition) is 5. The number of halogens is 1. The van der Waals surface area contributed by atoms with Crippen LogP contribution in [0.15, 0.2) is 82.4 Å². The Hall–Kier alpha value is -3.17. The highest BCUT2D eigenvalue weighted by atomic mass is 79.9. The molecular formula is C31H41BrN5O8PS. The highest BCUT2D eigenvalue weighted by Crippen LogP contribution is 2.37. The molecule has 47 heavy (non-hydrogen) atoms. The summed E-state index contributed by atoms with van der Waals surface area (Å²) < 4.78 is 45.8. The van der Waals surface area contributed by atoms with Crippen molar-refractivity contribution in [1.82, 2.24) is 19.9 Å². The number of aromatic nitrogens is 1. The molecule has 1 heterocycles. The minimum atomic E-state index is -4.90. The molecule has 13 nitrogen and oxygen atoms in total. The van der Waals surface area contributed by atoms with Crippen molar-refractivity contribution in [2.24, 2.45) is 5.92 Å². The Balaban J connectivity index is 1.70. The van der Waals surface area contributed by atoms with Gasteiger partial charge in [0.1, 0.15) is 6.04 Å². The number of nitrogens with one attached hydrogen (secondary N) is 2. The molecule has 2 atom stereocenters. The van der Waals surface area contributed by atoms with Crippen LogP contribution in [-0.4, -0.2) is 71.1 Å². The van der Waals surface area contributed by atoms with E-state index in [1.54, 1.807) is 12.1 Å². The number of anilines is 1. The molecule has 0 aliphatic rings. The summed E-state index contributed by atoms with van der Waals surface area (Å²) >= 11 is 3.49. The van der Waals surface area contributed by atoms with Crippen LogP contribution >= 0.6 is 23.8 Å². The molecule has 0 radical (unpaired) electrons. The average Bonchev–Trinajstić information content (AvgIpc) is 3.02. The second-order valence-corrected chi connectivity index (χ2v) is 15.3. The lowest BCUT2D eigenvalue weighted by molar-refractivity contribution is -0.122. The standard InChI is InChI=1S/C31H41BrN5O8PS/c1-22(2)20-37(47(43,44)27-12-10-25(33)11-13-27)26(21-45-46(40,41)42)8-5-6-16-35-31(39)29(19-24-7-3-4-9-28(24)32)36-30(38)23-14-17-34-18-15-23/h3-4,7,9-15,17-18,22,26,29H,5-6,8,16,19-21,33H2,1-2H3,(H,35,39)(H,36,38)(H2,40,41,42)/t26-,29?/m0/s1. The topological polar surface area (TPSA) is 201 Å². The predicted molar refractivity (Wildman–Crippen MR) is 182 cm³/mol. The molecule has 3 rings (SSSR count). The quantitative estimate of drug-likeness (QED) is 0.0721. The first-order valence-electron chi connectivity index (χ1n) is 15.0. The summed E-state index contributed by atoms with van der Waals surface area (Å²) in [5.41, 5.74) is 7.31. The minimum Gasteiger partial charge on any atom is -0.399 e. The monoisotopic (exact) mass is 753 g/mol. The van der Waals surface area contributed by atoms with E-state index in [4.69, 9.17) is 10.3 Å². The fourth-order valence-corrected chi connectivity index (χ4v) is 7.37. The van der Waals surface area contributed by atoms with Gasteiger partial charge in [0.05, 0.1) is 11.5 Å². The smallest absolute Gasteiger partial charge is 0.399 e. The Morgan fingerprint density at radius 1 is 1.04 bits per heavy atom. The molecule has 2 aromatic carbocycles. The molecule has 0 spiro atoms. The summed E-state index contributed by atoms with van der Waals surface area (Å²) in [5, 5.41) is 5.65. The van der Waals surface area contributed by atoms with Crippen molar-refractivity contribution in [2.75, 3.05) is 25.4 Å². The van der Waals surface area contributed by atoms with Crippen molar-refractivity contribution in [3.63, 3.8) is 0 Å². The lowest BCUT2D eigenvalue weighted by Crippen LogP contribution is -2.48. The van der Waals surface area contributed by atoms with Gasteiger partial charge in [-0.1, -0.05) is 54.4 Å². The van der Waals surface area contributed by atoms with Gasteiger partial charge in [-0.15, -0.1) is 0 Å². The summed E-state index contributed by atoms with van der Waals surface area (Å²) in [5.74, 6) is -0.948. The second kappa shape index (κ2) is 17.8. The number of nitrogens with zero attached hydrogens (tertiary/aromatic N) is 2. The maximum Gasteiger partial charge on any atom is 0.469 e. The lowest BCUT2D eigenvalue weighted by atomic mass is 10.0. The van der Waals surface area contributed by atoms with Gasteiger partial charge in [-0.05, 0) is 66.8 Å². The maximum absolute atomic E-state index is 13.7. The Kier molecular flexibility index (Phi) is 14.5. The molecule has 6 N–H and O–H groups in total. The Morgan fingerprint density at radius 3 is 2.32 bits per heavy atom. The summed E-state index contributed by atoms with van der Waals surface area (Å²) in [4.78, 5) is 48.9. The first-order chi connectivity index (χ1) is 22.2. The molecular weight excluding hydrogens is 713 g/mol. The average molecular weight is 755 g/mol. The van der Waals surface area contributed by atoms with E-state index >= 15 is 0 Å². The molecule has 0 aliphatic carbocycles. The number of phosphoric acid groups is 1. The van der Waals surface area contributed by atoms with Gasteiger partial charge in [0.2, 0.25) is 15.9 Å². The number of benzene rings is 2. The van der Waals surface area contributed by atoms with Crippen LogP contribution in [0.2, 0.25) is 0 Å². The van der Waals surface area contributed by atoms with Crippen LogP contribution in [0.3, 0.4) is 0 Å². The molecule has 3 aromatic rings. The number of carbonyl (C=O) groups excluding carboxylic acids is 2. The first-order valence-corrected chi connectivity index (χ1v) is 18.7. The van der Waals surface area contributed by atoms with E-state index in [9.17, 15) is 32.4 Å². The largest absolute Gasteiger partial charge is 0.469 e. The molecule has 0 aliphatic heterocycles. The van der Waals surface area contributed by atoms with E-state index < -0.39 is 48.4 Å². The summed E-state index contributed by atoms with van der Waals surface area (Å²) in [7, 11) is -8.98. The highest BCUT2D eigenvalue weighted by Gasteiger charge is 2.33. The van der Waals surface area contributed by atoms with Crippen molar-refractivity contribution in [1.29, 1.82) is 0 Å². The number of hydrogen-bond acceptors (Lipinski definition) is 8. The van der Waals surface area contributed by atoms with E-state index in [1.165, 1.54) is 41.0 Å². The van der Waals surface area contributed by atoms with Crippen molar-refractivity contribution < 1.29 is 36.9 Å². The van der Waals surface area contributed by atoms with Crippen LogP contribution in [0.5, 0.6) is 0 Å². The van der Waals surface area contributed by atoms with E-state index in [0.29, 0.717) is 24.1 Å². The van der Waals surface area contributed by atoms with E-state index in [2.05, 4.69) is 31.5 Å². The number of amides is 2. The molecule has 0 bridgehead atoms. The Labute approximate surface area is 283 Å². The van der Waals surface area contributed by atoms with Crippen LogP contribution in [0.25, 0.3) is 0 Å². The SMILES string of the molecule is CC(C)CN([C@@H](CCCCNC(=O)C(Cc1ccccc1Br)NC(=O)c1ccncc1)COP(=O)(O)O)S(=O)(=O)c1ccc(N)cc1. The lowest BCUT2D eigenvalue weighted by Gasteiger charge is -2.32.